The van der Waals surface area contributed by atoms with Gasteiger partial charge in [-0.25, -0.2) is 4.98 Å². The first-order valence-corrected chi connectivity index (χ1v) is 7.07. The van der Waals surface area contributed by atoms with Gasteiger partial charge in [0.2, 0.25) is 11.1 Å². The Hall–Kier alpha value is -1.47. The first-order valence-electron chi connectivity index (χ1n) is 6.69. The number of likely N-dealkylation sites (N-methyl/N-ethyl adjacent to an activating group) is 1. The number of hydrogen-bond acceptors (Lipinski definition) is 6. The fourth-order valence-electron chi connectivity index (χ4n) is 2.23. The van der Waals surface area contributed by atoms with Crippen LogP contribution in [0.5, 0.6) is 0 Å². The molecule has 0 bridgehead atoms. The highest BCUT2D eigenvalue weighted by atomic mass is 35.5. The maximum Gasteiger partial charge on any atom is 0.332 e. The Bertz CT molecular complexity index is 507. The number of aryl methyl sites for hydroxylation is 1. The van der Waals surface area contributed by atoms with Crippen LogP contribution < -0.4 is 5.32 Å². The fraction of sp³-hybridized carbons (Fsp3) is 0.667. The molecule has 1 aromatic rings. The van der Waals surface area contributed by atoms with Crippen LogP contribution >= 0.6 is 11.6 Å². The molecule has 0 aromatic carbocycles. The number of hydrogen-bond donors (Lipinski definition) is 1. The molecule has 1 saturated carbocycles. The van der Waals surface area contributed by atoms with Crippen molar-refractivity contribution >= 4 is 23.1 Å². The van der Waals surface area contributed by atoms with Crippen molar-refractivity contribution < 1.29 is 4.92 Å². The Morgan fingerprint density at radius 3 is 2.75 bits per heavy atom. The van der Waals surface area contributed by atoms with Crippen LogP contribution in [0.1, 0.15) is 25.5 Å². The molecule has 1 aliphatic rings. The van der Waals surface area contributed by atoms with E-state index in [1.54, 1.807) is 6.92 Å². The van der Waals surface area contributed by atoms with E-state index in [-0.39, 0.29) is 22.5 Å². The lowest BCUT2D eigenvalue weighted by Gasteiger charge is -2.19. The van der Waals surface area contributed by atoms with Gasteiger partial charge in [-0.1, -0.05) is 6.92 Å². The van der Waals surface area contributed by atoms with Crippen molar-refractivity contribution in [2.45, 2.75) is 32.7 Å². The molecule has 0 amide bonds. The molecule has 0 atom stereocenters. The third kappa shape index (κ3) is 3.55. The minimum absolute atomic E-state index is 0.0186. The second-order valence-electron chi connectivity index (χ2n) is 4.82. The predicted octanol–water partition coefficient (Wildman–Crippen LogP) is 2.24. The number of halogens is 1. The van der Waals surface area contributed by atoms with Gasteiger partial charge in [-0.15, -0.1) is 0 Å². The van der Waals surface area contributed by atoms with Gasteiger partial charge >= 0.3 is 5.69 Å². The molecular formula is C12H18ClN5O2. The van der Waals surface area contributed by atoms with Crippen molar-refractivity contribution in [3.63, 3.8) is 0 Å². The summed E-state index contributed by atoms with van der Waals surface area (Å²) in [5, 5.41) is 14.1. The average Bonchev–Trinajstić information content (AvgIpc) is 3.17. The van der Waals surface area contributed by atoms with Crippen LogP contribution in [0.3, 0.4) is 0 Å². The zero-order valence-corrected chi connectivity index (χ0v) is 12.4. The van der Waals surface area contributed by atoms with Crippen molar-refractivity contribution in [1.82, 2.24) is 14.9 Å². The molecule has 7 nitrogen and oxygen atoms in total. The summed E-state index contributed by atoms with van der Waals surface area (Å²) in [5.74, 6) is 0.194. The average molecular weight is 300 g/mol. The van der Waals surface area contributed by atoms with Gasteiger partial charge in [0.15, 0.2) is 0 Å². The van der Waals surface area contributed by atoms with Gasteiger partial charge < -0.3 is 5.32 Å². The van der Waals surface area contributed by atoms with E-state index in [4.69, 9.17) is 11.6 Å². The molecule has 0 saturated heterocycles. The van der Waals surface area contributed by atoms with Gasteiger partial charge in [0, 0.05) is 19.1 Å². The van der Waals surface area contributed by atoms with E-state index in [2.05, 4.69) is 27.1 Å². The lowest BCUT2D eigenvalue weighted by molar-refractivity contribution is -0.385. The van der Waals surface area contributed by atoms with Gasteiger partial charge in [-0.2, -0.15) is 4.98 Å². The summed E-state index contributed by atoms with van der Waals surface area (Å²) < 4.78 is 0. The molecule has 110 valence electrons. The van der Waals surface area contributed by atoms with Crippen LogP contribution in [0.4, 0.5) is 11.5 Å². The Balaban J connectivity index is 2.02. The number of aromatic nitrogens is 2. The van der Waals surface area contributed by atoms with Crippen molar-refractivity contribution in [2.24, 2.45) is 0 Å². The highest BCUT2D eigenvalue weighted by Gasteiger charge is 2.27. The van der Waals surface area contributed by atoms with Crippen molar-refractivity contribution in [1.29, 1.82) is 0 Å². The van der Waals surface area contributed by atoms with Crippen LogP contribution in [0, 0.1) is 17.0 Å². The first-order chi connectivity index (χ1) is 9.52. The van der Waals surface area contributed by atoms with Crippen LogP contribution in [0.25, 0.3) is 0 Å². The van der Waals surface area contributed by atoms with Gasteiger partial charge in [-0.3, -0.25) is 15.0 Å². The second kappa shape index (κ2) is 6.32. The number of nitro groups is 1. The van der Waals surface area contributed by atoms with E-state index in [1.165, 1.54) is 12.8 Å². The van der Waals surface area contributed by atoms with Crippen LogP contribution in [-0.2, 0) is 0 Å². The smallest absolute Gasteiger partial charge is 0.332 e. The van der Waals surface area contributed by atoms with E-state index in [9.17, 15) is 10.1 Å². The Labute approximate surface area is 122 Å². The summed E-state index contributed by atoms with van der Waals surface area (Å²) in [6.45, 7) is 6.08. The number of nitrogens with one attached hydrogen (secondary N) is 1. The molecule has 20 heavy (non-hydrogen) atoms. The molecule has 1 heterocycles. The molecule has 1 aliphatic carbocycles. The van der Waals surface area contributed by atoms with Crippen LogP contribution in [-0.4, -0.2) is 45.5 Å². The zero-order chi connectivity index (χ0) is 14.7. The van der Waals surface area contributed by atoms with Gasteiger partial charge in [0.1, 0.15) is 5.69 Å². The summed E-state index contributed by atoms with van der Waals surface area (Å²) in [6, 6.07) is 0.674. The molecule has 0 aliphatic heterocycles. The Morgan fingerprint density at radius 1 is 1.50 bits per heavy atom. The molecule has 1 N–H and O–H groups in total. The van der Waals surface area contributed by atoms with Crippen LogP contribution in [0.2, 0.25) is 5.28 Å². The standard InChI is InChI=1S/C12H18ClN5O2/c1-3-17(9-4-5-9)7-6-14-11-10(18(19)20)8(2)15-12(13)16-11/h9H,3-7H2,1-2H3,(H,14,15,16). The third-order valence-electron chi connectivity index (χ3n) is 3.37. The SMILES string of the molecule is CCN(CCNc1nc(Cl)nc(C)c1[N+](=O)[O-])C1CC1. The van der Waals surface area contributed by atoms with E-state index in [0.717, 1.165) is 13.1 Å². The highest BCUT2D eigenvalue weighted by molar-refractivity contribution is 6.28. The summed E-state index contributed by atoms with van der Waals surface area (Å²) >= 11 is 5.76. The molecule has 0 unspecified atom stereocenters. The monoisotopic (exact) mass is 299 g/mol. The largest absolute Gasteiger partial charge is 0.363 e. The summed E-state index contributed by atoms with van der Waals surface area (Å²) in [7, 11) is 0. The lowest BCUT2D eigenvalue weighted by atomic mass is 10.3. The Morgan fingerprint density at radius 2 is 2.20 bits per heavy atom. The quantitative estimate of drug-likeness (QED) is 0.472. The van der Waals surface area contributed by atoms with Gasteiger partial charge in [0.05, 0.1) is 4.92 Å². The van der Waals surface area contributed by atoms with Crippen molar-refractivity contribution in [2.75, 3.05) is 25.0 Å². The number of rotatable bonds is 7. The molecular weight excluding hydrogens is 282 g/mol. The normalized spacial score (nSPS) is 14.6. The minimum atomic E-state index is -0.480. The van der Waals surface area contributed by atoms with Crippen molar-refractivity contribution in [3.8, 4) is 0 Å². The van der Waals surface area contributed by atoms with Gasteiger partial charge in [-0.05, 0) is 37.9 Å². The summed E-state index contributed by atoms with van der Waals surface area (Å²) in [6.07, 6.45) is 2.48. The lowest BCUT2D eigenvalue weighted by Crippen LogP contribution is -2.31. The molecule has 0 spiro atoms. The third-order valence-corrected chi connectivity index (χ3v) is 3.54. The highest BCUT2D eigenvalue weighted by Crippen LogP contribution is 2.27. The molecule has 0 radical (unpaired) electrons. The number of nitrogens with zero attached hydrogens (tertiary/aromatic N) is 4. The van der Waals surface area contributed by atoms with E-state index in [1.807, 2.05) is 0 Å². The predicted molar refractivity (Wildman–Crippen MR) is 77.2 cm³/mol. The maximum absolute atomic E-state index is 11.1. The van der Waals surface area contributed by atoms with Gasteiger partial charge in [0.25, 0.3) is 0 Å². The minimum Gasteiger partial charge on any atom is -0.363 e. The zero-order valence-electron chi connectivity index (χ0n) is 11.6. The first kappa shape index (κ1) is 14.9. The molecule has 1 aromatic heterocycles. The van der Waals surface area contributed by atoms with E-state index in [0.29, 0.717) is 12.6 Å². The van der Waals surface area contributed by atoms with Crippen molar-refractivity contribution in [3.05, 3.63) is 21.1 Å². The van der Waals surface area contributed by atoms with E-state index < -0.39 is 4.92 Å². The second-order valence-corrected chi connectivity index (χ2v) is 5.16. The molecule has 8 heteroatoms. The van der Waals surface area contributed by atoms with Crippen LogP contribution in [0.15, 0.2) is 0 Å². The fourth-order valence-corrected chi connectivity index (χ4v) is 2.44. The molecule has 1 fully saturated rings. The maximum atomic E-state index is 11.1. The molecule has 2 rings (SSSR count). The van der Waals surface area contributed by atoms with E-state index >= 15 is 0 Å². The summed E-state index contributed by atoms with van der Waals surface area (Å²) in [5.41, 5.74) is 0.163. The summed E-state index contributed by atoms with van der Waals surface area (Å²) in [4.78, 5) is 20.7. The Kier molecular flexibility index (Phi) is 4.72. The number of anilines is 1. The topological polar surface area (TPSA) is 84.2 Å².